The summed E-state index contributed by atoms with van der Waals surface area (Å²) in [6, 6.07) is 0.736. The van der Waals surface area contributed by atoms with E-state index in [4.69, 9.17) is 0 Å². The maximum Gasteiger partial charge on any atom is 0.224 e. The average Bonchev–Trinajstić information content (AvgIpc) is 3.23. The molecule has 1 fully saturated rings. The molecule has 2 N–H and O–H groups in total. The summed E-state index contributed by atoms with van der Waals surface area (Å²) in [5.74, 6) is 0.329. The van der Waals surface area contributed by atoms with E-state index in [0.29, 0.717) is 12.5 Å². The van der Waals surface area contributed by atoms with E-state index in [-0.39, 0.29) is 5.82 Å². The monoisotopic (exact) mass is 267 g/mol. The van der Waals surface area contributed by atoms with Gasteiger partial charge in [0.1, 0.15) is 0 Å². The summed E-state index contributed by atoms with van der Waals surface area (Å²) >= 11 is 0. The van der Waals surface area contributed by atoms with Gasteiger partial charge in [0.15, 0.2) is 11.6 Å². The normalized spacial score (nSPS) is 14.7. The van der Waals surface area contributed by atoms with Crippen LogP contribution in [0.4, 0.5) is 16.2 Å². The molecule has 0 aromatic carbocycles. The zero-order chi connectivity index (χ0) is 13.7. The lowest BCUT2D eigenvalue weighted by molar-refractivity contribution is 0.289. The van der Waals surface area contributed by atoms with Crippen molar-refractivity contribution in [3.05, 3.63) is 12.0 Å². The quantitative estimate of drug-likeness (QED) is 0.754. The van der Waals surface area contributed by atoms with E-state index < -0.39 is 5.82 Å². The Morgan fingerprint density at radius 3 is 2.79 bits per heavy atom. The van der Waals surface area contributed by atoms with Crippen molar-refractivity contribution in [2.75, 3.05) is 36.8 Å². The third-order valence-electron chi connectivity index (χ3n) is 3.24. The Labute approximate surface area is 113 Å². The molecule has 0 amide bonds. The number of rotatable bonds is 8. The second-order valence-corrected chi connectivity index (χ2v) is 4.71. The standard InChI is InChI=1S/C13H22FN5/c1-3-15-13-17-9-11(14)12(18-13)16-7-8-19(4-2)10-5-6-10/h9-10H,3-8H2,1-2H3,(H2,15,16,17,18). The largest absolute Gasteiger partial charge is 0.366 e. The van der Waals surface area contributed by atoms with Gasteiger partial charge in [-0.25, -0.2) is 9.37 Å². The van der Waals surface area contributed by atoms with Crippen molar-refractivity contribution in [1.29, 1.82) is 0 Å². The van der Waals surface area contributed by atoms with E-state index in [2.05, 4.69) is 32.4 Å². The van der Waals surface area contributed by atoms with Crippen LogP contribution in [0, 0.1) is 5.82 Å². The molecule has 0 spiro atoms. The van der Waals surface area contributed by atoms with Crippen LogP contribution in [-0.4, -0.2) is 47.1 Å². The Morgan fingerprint density at radius 2 is 2.16 bits per heavy atom. The molecule has 0 bridgehead atoms. The maximum atomic E-state index is 13.6. The van der Waals surface area contributed by atoms with Crippen LogP contribution in [0.3, 0.4) is 0 Å². The fraction of sp³-hybridized carbons (Fsp3) is 0.692. The van der Waals surface area contributed by atoms with Crippen LogP contribution in [0.2, 0.25) is 0 Å². The van der Waals surface area contributed by atoms with Gasteiger partial charge in [-0.15, -0.1) is 0 Å². The van der Waals surface area contributed by atoms with Gasteiger partial charge in [-0.05, 0) is 26.3 Å². The highest BCUT2D eigenvalue weighted by atomic mass is 19.1. The Bertz CT molecular complexity index is 408. The predicted molar refractivity (Wildman–Crippen MR) is 74.9 cm³/mol. The summed E-state index contributed by atoms with van der Waals surface area (Å²) in [5.41, 5.74) is 0. The SMILES string of the molecule is CCNc1ncc(F)c(NCCN(CC)C2CC2)n1. The second-order valence-electron chi connectivity index (χ2n) is 4.71. The van der Waals surface area contributed by atoms with E-state index in [1.807, 2.05) is 6.92 Å². The smallest absolute Gasteiger partial charge is 0.224 e. The molecule has 1 aliphatic carbocycles. The lowest BCUT2D eigenvalue weighted by atomic mass is 10.4. The topological polar surface area (TPSA) is 53.1 Å². The Balaban J connectivity index is 1.85. The van der Waals surface area contributed by atoms with Crippen LogP contribution < -0.4 is 10.6 Å². The van der Waals surface area contributed by atoms with Crippen molar-refractivity contribution in [3.63, 3.8) is 0 Å². The van der Waals surface area contributed by atoms with Gasteiger partial charge < -0.3 is 10.6 Å². The van der Waals surface area contributed by atoms with E-state index in [0.717, 1.165) is 25.7 Å². The van der Waals surface area contributed by atoms with Crippen molar-refractivity contribution in [2.24, 2.45) is 0 Å². The summed E-state index contributed by atoms with van der Waals surface area (Å²) in [7, 11) is 0. The van der Waals surface area contributed by atoms with Gasteiger partial charge in [0.25, 0.3) is 0 Å². The van der Waals surface area contributed by atoms with Crippen LogP contribution in [-0.2, 0) is 0 Å². The first-order valence-electron chi connectivity index (χ1n) is 6.99. The average molecular weight is 267 g/mol. The number of hydrogen-bond acceptors (Lipinski definition) is 5. The molecule has 0 saturated heterocycles. The van der Waals surface area contributed by atoms with Gasteiger partial charge in [0.2, 0.25) is 5.95 Å². The number of hydrogen-bond donors (Lipinski definition) is 2. The molecule has 2 rings (SSSR count). The summed E-state index contributed by atoms with van der Waals surface area (Å²) in [6.45, 7) is 7.49. The number of nitrogens with zero attached hydrogens (tertiary/aromatic N) is 3. The fourth-order valence-corrected chi connectivity index (χ4v) is 2.09. The molecule has 19 heavy (non-hydrogen) atoms. The zero-order valence-corrected chi connectivity index (χ0v) is 11.6. The number of halogens is 1. The molecule has 0 atom stereocenters. The molecule has 0 radical (unpaired) electrons. The van der Waals surface area contributed by atoms with Crippen molar-refractivity contribution < 1.29 is 4.39 Å². The molecular formula is C13H22FN5. The summed E-state index contributed by atoms with van der Waals surface area (Å²) in [6.07, 6.45) is 3.78. The van der Waals surface area contributed by atoms with Crippen LogP contribution in [0.1, 0.15) is 26.7 Å². The minimum absolute atomic E-state index is 0.276. The maximum absolute atomic E-state index is 13.6. The minimum Gasteiger partial charge on any atom is -0.366 e. The lowest BCUT2D eigenvalue weighted by Crippen LogP contribution is -2.31. The lowest BCUT2D eigenvalue weighted by Gasteiger charge is -2.20. The molecule has 5 nitrogen and oxygen atoms in total. The molecule has 1 aliphatic rings. The number of anilines is 2. The Hall–Kier alpha value is -1.43. The van der Waals surface area contributed by atoms with Gasteiger partial charge in [-0.1, -0.05) is 6.92 Å². The van der Waals surface area contributed by atoms with Crippen molar-refractivity contribution in [2.45, 2.75) is 32.7 Å². The number of nitrogens with one attached hydrogen (secondary N) is 2. The van der Waals surface area contributed by atoms with Crippen molar-refractivity contribution in [3.8, 4) is 0 Å². The molecule has 1 saturated carbocycles. The highest BCUT2D eigenvalue weighted by Gasteiger charge is 2.27. The van der Waals surface area contributed by atoms with Gasteiger partial charge in [-0.2, -0.15) is 4.98 Å². The van der Waals surface area contributed by atoms with Gasteiger partial charge in [0, 0.05) is 25.7 Å². The molecule has 1 aromatic rings. The zero-order valence-electron chi connectivity index (χ0n) is 11.6. The highest BCUT2D eigenvalue weighted by molar-refractivity contribution is 5.40. The molecule has 6 heteroatoms. The second kappa shape index (κ2) is 6.65. The fourth-order valence-electron chi connectivity index (χ4n) is 2.09. The van der Waals surface area contributed by atoms with E-state index in [1.165, 1.54) is 19.0 Å². The summed E-state index contributed by atoms with van der Waals surface area (Å²) < 4.78 is 13.6. The molecule has 106 valence electrons. The summed E-state index contributed by atoms with van der Waals surface area (Å²) in [5, 5.41) is 6.03. The van der Waals surface area contributed by atoms with Crippen LogP contribution in [0.5, 0.6) is 0 Å². The van der Waals surface area contributed by atoms with Gasteiger partial charge in [-0.3, -0.25) is 4.90 Å². The minimum atomic E-state index is -0.406. The van der Waals surface area contributed by atoms with Crippen LogP contribution in [0.15, 0.2) is 6.20 Å². The predicted octanol–water partition coefficient (Wildman–Crippen LogP) is 1.94. The van der Waals surface area contributed by atoms with E-state index in [1.54, 1.807) is 0 Å². The van der Waals surface area contributed by atoms with Crippen LogP contribution in [0.25, 0.3) is 0 Å². The van der Waals surface area contributed by atoms with E-state index >= 15 is 0 Å². The molecular weight excluding hydrogens is 245 g/mol. The Morgan fingerprint density at radius 1 is 1.37 bits per heavy atom. The molecule has 1 aromatic heterocycles. The number of aromatic nitrogens is 2. The molecule has 1 heterocycles. The van der Waals surface area contributed by atoms with Crippen LogP contribution >= 0.6 is 0 Å². The van der Waals surface area contributed by atoms with Gasteiger partial charge in [0.05, 0.1) is 6.20 Å². The Kier molecular flexibility index (Phi) is 4.90. The van der Waals surface area contributed by atoms with Gasteiger partial charge >= 0.3 is 0 Å². The van der Waals surface area contributed by atoms with Crippen molar-refractivity contribution >= 4 is 11.8 Å². The highest BCUT2D eigenvalue weighted by Crippen LogP contribution is 2.26. The van der Waals surface area contributed by atoms with Crippen molar-refractivity contribution in [1.82, 2.24) is 14.9 Å². The number of likely N-dealkylation sites (N-methyl/N-ethyl adjacent to an activating group) is 1. The first kappa shape index (κ1) is 14.0. The molecule has 0 aliphatic heterocycles. The molecule has 0 unspecified atom stereocenters. The summed E-state index contributed by atoms with van der Waals surface area (Å²) in [4.78, 5) is 10.4. The van der Waals surface area contributed by atoms with E-state index in [9.17, 15) is 4.39 Å². The third kappa shape index (κ3) is 4.02. The first-order valence-corrected chi connectivity index (χ1v) is 6.99. The third-order valence-corrected chi connectivity index (χ3v) is 3.24. The first-order chi connectivity index (χ1) is 9.24.